The highest BCUT2D eigenvalue weighted by Gasteiger charge is 2.12. The number of carbonyl (C=O) groups is 1. The molecule has 0 saturated heterocycles. The molecule has 110 valence electrons. The van der Waals surface area contributed by atoms with Crippen molar-refractivity contribution in [2.24, 2.45) is 5.73 Å². The number of hydrogen-bond acceptors (Lipinski definition) is 4. The van der Waals surface area contributed by atoms with Gasteiger partial charge in [0.15, 0.2) is 5.11 Å². The van der Waals surface area contributed by atoms with Crippen LogP contribution in [0.2, 0.25) is 0 Å². The van der Waals surface area contributed by atoms with Gasteiger partial charge in [-0.15, -0.1) is 0 Å². The molecule has 0 atom stereocenters. The maximum absolute atomic E-state index is 12.4. The lowest BCUT2D eigenvalue weighted by Crippen LogP contribution is -2.46. The summed E-state index contributed by atoms with van der Waals surface area (Å²) in [5, 5.41) is 0.418. The van der Waals surface area contributed by atoms with Gasteiger partial charge >= 0.3 is 0 Å². The molecule has 2 rings (SSSR count). The minimum atomic E-state index is -0.445. The van der Waals surface area contributed by atoms with Crippen LogP contribution < -0.4 is 22.1 Å². The summed E-state index contributed by atoms with van der Waals surface area (Å²) in [6.07, 6.45) is 0. The van der Waals surface area contributed by atoms with E-state index in [2.05, 4.69) is 50.6 Å². The normalized spacial score (nSPS) is 10.4. The number of aryl methyl sites for hydroxylation is 1. The van der Waals surface area contributed by atoms with Crippen LogP contribution in [-0.4, -0.2) is 20.6 Å². The number of hydrogen-bond donors (Lipinski definition) is 3. The largest absolute Gasteiger partial charge is 0.375 e. The van der Waals surface area contributed by atoms with Crippen LogP contribution in [0.3, 0.4) is 0 Å². The molecule has 9 heteroatoms. The van der Waals surface area contributed by atoms with Gasteiger partial charge in [-0.3, -0.25) is 25.0 Å². The van der Waals surface area contributed by atoms with Crippen molar-refractivity contribution in [3.8, 4) is 0 Å². The molecule has 21 heavy (non-hydrogen) atoms. The Balaban J connectivity index is 2.39. The van der Waals surface area contributed by atoms with Crippen molar-refractivity contribution in [1.82, 2.24) is 20.4 Å². The van der Waals surface area contributed by atoms with E-state index in [-0.39, 0.29) is 17.2 Å². The third-order valence-electron chi connectivity index (χ3n) is 2.75. The van der Waals surface area contributed by atoms with Crippen molar-refractivity contribution in [3.05, 3.63) is 37.9 Å². The van der Waals surface area contributed by atoms with Gasteiger partial charge in [-0.25, -0.2) is 4.98 Å². The van der Waals surface area contributed by atoms with E-state index in [9.17, 15) is 9.59 Å². The molecule has 4 N–H and O–H groups in total. The van der Waals surface area contributed by atoms with Crippen LogP contribution in [-0.2, 0) is 11.3 Å². The average Bonchev–Trinajstić information content (AvgIpc) is 2.42. The minimum Gasteiger partial charge on any atom is -0.375 e. The molecule has 2 aromatic rings. The molecule has 7 nitrogen and oxygen atoms in total. The minimum absolute atomic E-state index is 0.0568. The van der Waals surface area contributed by atoms with Crippen LogP contribution in [0.1, 0.15) is 5.82 Å². The molecule has 1 amide bonds. The maximum atomic E-state index is 12.4. The van der Waals surface area contributed by atoms with Gasteiger partial charge in [0, 0.05) is 3.57 Å². The number of halogens is 1. The number of para-hydroxylation sites is 1. The molecule has 0 fully saturated rings. The maximum Gasteiger partial charge on any atom is 0.261 e. The fraction of sp³-hybridized carbons (Fsp3) is 0.167. The Morgan fingerprint density at radius 1 is 1.48 bits per heavy atom. The fourth-order valence-corrected chi connectivity index (χ4v) is 2.49. The summed E-state index contributed by atoms with van der Waals surface area (Å²) in [6.45, 7) is 1.51. The van der Waals surface area contributed by atoms with Gasteiger partial charge in [-0.2, -0.15) is 0 Å². The summed E-state index contributed by atoms with van der Waals surface area (Å²) in [4.78, 5) is 28.6. The Kier molecular flexibility index (Phi) is 4.73. The van der Waals surface area contributed by atoms with E-state index in [1.54, 1.807) is 19.1 Å². The molecule has 0 aliphatic carbocycles. The van der Waals surface area contributed by atoms with E-state index < -0.39 is 5.91 Å². The molecular formula is C12H12IN5O2S. The number of benzene rings is 1. The molecule has 0 bridgehead atoms. The molecule has 1 aromatic carbocycles. The lowest BCUT2D eigenvalue weighted by Gasteiger charge is -2.12. The molecule has 0 saturated carbocycles. The van der Waals surface area contributed by atoms with E-state index in [0.717, 1.165) is 3.57 Å². The molecular weight excluding hydrogens is 405 g/mol. The van der Waals surface area contributed by atoms with Crippen molar-refractivity contribution >= 4 is 56.7 Å². The van der Waals surface area contributed by atoms with Crippen LogP contribution >= 0.6 is 34.8 Å². The van der Waals surface area contributed by atoms with Gasteiger partial charge in [0.2, 0.25) is 0 Å². The van der Waals surface area contributed by atoms with Crippen LogP contribution in [0.15, 0.2) is 23.0 Å². The molecule has 0 unspecified atom stereocenters. The standard InChI is InChI=1S/C12H12IN5O2S/c1-6-15-10-7(3-2-4-8(10)13)11(20)18(6)5-9(19)16-17-12(14)21/h2-4H,5H2,1H3,(H,16,19)(H3,14,17,21). The first-order valence-electron chi connectivity index (χ1n) is 5.90. The first kappa shape index (κ1) is 15.6. The zero-order valence-electron chi connectivity index (χ0n) is 11.0. The topological polar surface area (TPSA) is 102 Å². The summed E-state index contributed by atoms with van der Waals surface area (Å²) in [5.74, 6) is 0.0156. The Morgan fingerprint density at radius 2 is 2.19 bits per heavy atom. The first-order chi connectivity index (χ1) is 9.90. The van der Waals surface area contributed by atoms with Gasteiger partial charge in [-0.05, 0) is 53.9 Å². The average molecular weight is 417 g/mol. The second kappa shape index (κ2) is 6.35. The fourth-order valence-electron chi connectivity index (χ4n) is 1.82. The number of nitrogens with two attached hydrogens (primary N) is 1. The van der Waals surface area contributed by atoms with Gasteiger partial charge in [0.1, 0.15) is 12.4 Å². The third kappa shape index (κ3) is 3.47. The predicted octanol–water partition coefficient (Wildman–Crippen LogP) is 0.174. The first-order valence-corrected chi connectivity index (χ1v) is 7.39. The van der Waals surface area contributed by atoms with Gasteiger partial charge in [-0.1, -0.05) is 6.07 Å². The Bertz CT molecular complexity index is 789. The summed E-state index contributed by atoms with van der Waals surface area (Å²) in [6, 6.07) is 5.34. The number of hydrazine groups is 1. The molecule has 0 radical (unpaired) electrons. The number of nitrogens with one attached hydrogen (secondary N) is 2. The van der Waals surface area contributed by atoms with Gasteiger partial charge < -0.3 is 5.73 Å². The number of rotatable bonds is 2. The van der Waals surface area contributed by atoms with Crippen LogP contribution in [0.4, 0.5) is 0 Å². The molecule has 1 heterocycles. The number of carbonyl (C=O) groups excluding carboxylic acids is 1. The van der Waals surface area contributed by atoms with Crippen molar-refractivity contribution in [3.63, 3.8) is 0 Å². The third-order valence-corrected chi connectivity index (χ3v) is 3.73. The number of nitrogens with zero attached hydrogens (tertiary/aromatic N) is 2. The quantitative estimate of drug-likeness (QED) is 0.366. The van der Waals surface area contributed by atoms with Crippen molar-refractivity contribution in [1.29, 1.82) is 0 Å². The van der Waals surface area contributed by atoms with E-state index in [4.69, 9.17) is 5.73 Å². The second-order valence-electron chi connectivity index (χ2n) is 4.22. The van der Waals surface area contributed by atoms with E-state index in [1.165, 1.54) is 4.57 Å². The van der Waals surface area contributed by atoms with Gasteiger partial charge in [0.25, 0.3) is 11.5 Å². The van der Waals surface area contributed by atoms with Crippen LogP contribution in [0, 0.1) is 10.5 Å². The summed E-state index contributed by atoms with van der Waals surface area (Å²) >= 11 is 6.70. The highest BCUT2D eigenvalue weighted by atomic mass is 127. The van der Waals surface area contributed by atoms with Crippen molar-refractivity contribution < 1.29 is 4.79 Å². The number of amides is 1. The zero-order valence-corrected chi connectivity index (χ0v) is 14.0. The summed E-state index contributed by atoms with van der Waals surface area (Å²) < 4.78 is 2.19. The Hall–Kier alpha value is -1.75. The molecule has 1 aromatic heterocycles. The molecule has 0 spiro atoms. The SMILES string of the molecule is Cc1nc2c(I)cccc2c(=O)n1CC(=O)NNC(N)=S. The zero-order chi connectivity index (χ0) is 15.6. The predicted molar refractivity (Wildman–Crippen MR) is 91.5 cm³/mol. The van der Waals surface area contributed by atoms with Crippen LogP contribution in [0.25, 0.3) is 10.9 Å². The smallest absolute Gasteiger partial charge is 0.261 e. The van der Waals surface area contributed by atoms with Crippen molar-refractivity contribution in [2.75, 3.05) is 0 Å². The summed E-state index contributed by atoms with van der Waals surface area (Å²) in [5.41, 5.74) is 10.2. The lowest BCUT2D eigenvalue weighted by molar-refractivity contribution is -0.122. The molecule has 0 aliphatic heterocycles. The highest BCUT2D eigenvalue weighted by molar-refractivity contribution is 14.1. The second-order valence-corrected chi connectivity index (χ2v) is 5.83. The monoisotopic (exact) mass is 417 g/mol. The Labute approximate surface area is 139 Å². The van der Waals surface area contributed by atoms with E-state index in [1.807, 2.05) is 6.07 Å². The van der Waals surface area contributed by atoms with Crippen LogP contribution in [0.5, 0.6) is 0 Å². The lowest BCUT2D eigenvalue weighted by atomic mass is 10.2. The van der Waals surface area contributed by atoms with Crippen molar-refractivity contribution in [2.45, 2.75) is 13.5 Å². The number of thiocarbonyl (C=S) groups is 1. The van der Waals surface area contributed by atoms with E-state index in [0.29, 0.717) is 16.7 Å². The highest BCUT2D eigenvalue weighted by Crippen LogP contribution is 2.15. The van der Waals surface area contributed by atoms with E-state index >= 15 is 0 Å². The molecule has 0 aliphatic rings. The summed E-state index contributed by atoms with van der Waals surface area (Å²) in [7, 11) is 0. The number of fused-ring (bicyclic) bond motifs is 1. The Morgan fingerprint density at radius 3 is 2.86 bits per heavy atom. The number of aromatic nitrogens is 2. The van der Waals surface area contributed by atoms with Gasteiger partial charge in [0.05, 0.1) is 10.9 Å².